The van der Waals surface area contributed by atoms with Crippen molar-refractivity contribution in [2.24, 2.45) is 0 Å². The van der Waals surface area contributed by atoms with Gasteiger partial charge in [-0.3, -0.25) is 29.4 Å². The highest BCUT2D eigenvalue weighted by atomic mass is 16.6. The second kappa shape index (κ2) is 7.94. The molecule has 1 aliphatic rings. The number of nitro benzene ring substituents is 1. The number of aryl methyl sites for hydroxylation is 1. The molecule has 144 valence electrons. The first kappa shape index (κ1) is 20.0. The molecule has 1 aromatic rings. The number of nitro groups is 1. The van der Waals surface area contributed by atoms with Crippen LogP contribution < -0.4 is 5.32 Å². The summed E-state index contributed by atoms with van der Waals surface area (Å²) >= 11 is 0. The molecule has 0 saturated carbocycles. The number of nitrogens with zero attached hydrogens (tertiary/aromatic N) is 3. The van der Waals surface area contributed by atoms with Gasteiger partial charge in [0.1, 0.15) is 12.2 Å². The smallest absolute Gasteiger partial charge is 0.319 e. The Bertz CT molecular complexity index is 835. The monoisotopic (exact) mass is 376 g/mol. The number of hydrogen-bond acceptors (Lipinski definition) is 6. The molecule has 0 atom stereocenters. The van der Waals surface area contributed by atoms with Crippen molar-refractivity contribution >= 4 is 35.1 Å². The predicted molar refractivity (Wildman–Crippen MR) is 94.9 cm³/mol. The Hall–Kier alpha value is -3.30. The fraction of sp³-hybridized carbons (Fsp3) is 0.412. The van der Waals surface area contributed by atoms with Gasteiger partial charge in [-0.25, -0.2) is 9.69 Å². The summed E-state index contributed by atoms with van der Waals surface area (Å²) in [4.78, 5) is 60.4. The summed E-state index contributed by atoms with van der Waals surface area (Å²) in [6.45, 7) is 4.61. The molecule has 0 aliphatic carbocycles. The zero-order valence-electron chi connectivity index (χ0n) is 15.3. The molecule has 1 aliphatic heterocycles. The third-order valence-electron chi connectivity index (χ3n) is 4.35. The lowest BCUT2D eigenvalue weighted by Gasteiger charge is -2.16. The van der Waals surface area contributed by atoms with Crippen LogP contribution in [0.4, 0.5) is 16.2 Å². The van der Waals surface area contributed by atoms with Crippen LogP contribution in [0.3, 0.4) is 0 Å². The molecule has 1 fully saturated rings. The minimum absolute atomic E-state index is 0.00161. The van der Waals surface area contributed by atoms with Gasteiger partial charge in [0.2, 0.25) is 5.91 Å². The third kappa shape index (κ3) is 3.94. The molecule has 0 bridgehead atoms. The summed E-state index contributed by atoms with van der Waals surface area (Å²) in [7, 11) is 0. The molecule has 0 unspecified atom stereocenters. The molecule has 0 radical (unpaired) electrons. The molecule has 0 spiro atoms. The minimum atomic E-state index is -1.08. The van der Waals surface area contributed by atoms with E-state index in [0.29, 0.717) is 16.9 Å². The summed E-state index contributed by atoms with van der Waals surface area (Å²) in [5, 5.41) is 13.6. The Morgan fingerprint density at radius 3 is 2.37 bits per heavy atom. The van der Waals surface area contributed by atoms with Gasteiger partial charge in [0.25, 0.3) is 5.69 Å². The van der Waals surface area contributed by atoms with Gasteiger partial charge in [-0.15, -0.1) is 0 Å². The SMILES string of the molecule is CCCCN1C(=O)C(=O)N(CC(=O)Nc2c([N+](=O)[O-])ccc(C)c2C)C1=O. The van der Waals surface area contributed by atoms with Crippen molar-refractivity contribution in [2.45, 2.75) is 33.6 Å². The van der Waals surface area contributed by atoms with Crippen LogP contribution in [0.5, 0.6) is 0 Å². The van der Waals surface area contributed by atoms with E-state index in [4.69, 9.17) is 0 Å². The highest BCUT2D eigenvalue weighted by Gasteiger charge is 2.44. The second-order valence-corrected chi connectivity index (χ2v) is 6.19. The van der Waals surface area contributed by atoms with E-state index in [0.717, 1.165) is 16.9 Å². The van der Waals surface area contributed by atoms with Crippen LogP contribution in [0, 0.1) is 24.0 Å². The van der Waals surface area contributed by atoms with Crippen LogP contribution in [0.15, 0.2) is 12.1 Å². The van der Waals surface area contributed by atoms with E-state index >= 15 is 0 Å². The molecule has 0 aromatic heterocycles. The number of imide groups is 2. The fourth-order valence-electron chi connectivity index (χ4n) is 2.64. The molecule has 5 amide bonds. The van der Waals surface area contributed by atoms with Crippen LogP contribution in [0.25, 0.3) is 0 Å². The first-order valence-electron chi connectivity index (χ1n) is 8.40. The lowest BCUT2D eigenvalue weighted by Crippen LogP contribution is -2.39. The molecule has 27 heavy (non-hydrogen) atoms. The van der Waals surface area contributed by atoms with Crippen molar-refractivity contribution in [1.29, 1.82) is 0 Å². The Labute approximate surface area is 155 Å². The van der Waals surface area contributed by atoms with Crippen LogP contribution in [-0.2, 0) is 14.4 Å². The number of amides is 5. The quantitative estimate of drug-likeness (QED) is 0.334. The number of carbonyl (C=O) groups excluding carboxylic acids is 4. The maximum atomic E-state index is 12.3. The van der Waals surface area contributed by atoms with E-state index < -0.39 is 35.2 Å². The van der Waals surface area contributed by atoms with Crippen molar-refractivity contribution < 1.29 is 24.1 Å². The molecule has 10 nitrogen and oxygen atoms in total. The van der Waals surface area contributed by atoms with E-state index in [1.54, 1.807) is 19.9 Å². The molecule has 1 saturated heterocycles. The third-order valence-corrected chi connectivity index (χ3v) is 4.35. The van der Waals surface area contributed by atoms with Crippen LogP contribution in [-0.4, -0.2) is 51.6 Å². The molecule has 10 heteroatoms. The van der Waals surface area contributed by atoms with E-state index in [1.807, 2.05) is 6.92 Å². The first-order chi connectivity index (χ1) is 12.7. The van der Waals surface area contributed by atoms with Gasteiger partial charge in [0.05, 0.1) is 4.92 Å². The summed E-state index contributed by atoms with van der Waals surface area (Å²) in [5.74, 6) is -2.86. The largest absolute Gasteiger partial charge is 0.334 e. The molecule has 2 rings (SSSR count). The number of urea groups is 1. The number of hydrogen-bond donors (Lipinski definition) is 1. The van der Waals surface area contributed by atoms with Crippen LogP contribution >= 0.6 is 0 Å². The average molecular weight is 376 g/mol. The Kier molecular flexibility index (Phi) is 5.88. The first-order valence-corrected chi connectivity index (χ1v) is 8.40. The molecule has 1 heterocycles. The Morgan fingerprint density at radius 2 is 1.78 bits per heavy atom. The van der Waals surface area contributed by atoms with Gasteiger partial charge in [0, 0.05) is 12.6 Å². The average Bonchev–Trinajstić information content (AvgIpc) is 2.80. The van der Waals surface area contributed by atoms with Crippen LogP contribution in [0.2, 0.25) is 0 Å². The number of benzene rings is 1. The minimum Gasteiger partial charge on any atom is -0.319 e. The van der Waals surface area contributed by atoms with E-state index in [1.165, 1.54) is 6.07 Å². The normalized spacial score (nSPS) is 14.1. The van der Waals surface area contributed by atoms with Gasteiger partial charge in [-0.05, 0) is 31.4 Å². The highest BCUT2D eigenvalue weighted by Crippen LogP contribution is 2.30. The zero-order valence-corrected chi connectivity index (χ0v) is 15.3. The predicted octanol–water partition coefficient (Wildman–Crippen LogP) is 1.74. The number of rotatable bonds is 7. The second-order valence-electron chi connectivity index (χ2n) is 6.19. The van der Waals surface area contributed by atoms with Crippen molar-refractivity contribution in [3.8, 4) is 0 Å². The Morgan fingerprint density at radius 1 is 1.15 bits per heavy atom. The molecular formula is C17H20N4O6. The van der Waals surface area contributed by atoms with E-state index in [-0.39, 0.29) is 17.9 Å². The maximum Gasteiger partial charge on any atom is 0.334 e. The lowest BCUT2D eigenvalue weighted by atomic mass is 10.1. The maximum absolute atomic E-state index is 12.3. The van der Waals surface area contributed by atoms with E-state index in [9.17, 15) is 29.3 Å². The topological polar surface area (TPSA) is 130 Å². The van der Waals surface area contributed by atoms with Crippen LogP contribution in [0.1, 0.15) is 30.9 Å². The summed E-state index contributed by atoms with van der Waals surface area (Å²) < 4.78 is 0. The summed E-state index contributed by atoms with van der Waals surface area (Å²) in [6.07, 6.45) is 1.27. The lowest BCUT2D eigenvalue weighted by molar-refractivity contribution is -0.384. The van der Waals surface area contributed by atoms with Gasteiger partial charge in [-0.1, -0.05) is 19.4 Å². The number of carbonyl (C=O) groups is 4. The van der Waals surface area contributed by atoms with Gasteiger partial charge >= 0.3 is 17.8 Å². The number of nitrogens with one attached hydrogen (secondary N) is 1. The molecule has 1 aromatic carbocycles. The van der Waals surface area contributed by atoms with E-state index in [2.05, 4.69) is 5.32 Å². The molecular weight excluding hydrogens is 356 g/mol. The van der Waals surface area contributed by atoms with Crippen molar-refractivity contribution in [3.63, 3.8) is 0 Å². The van der Waals surface area contributed by atoms with Crippen molar-refractivity contribution in [3.05, 3.63) is 33.4 Å². The zero-order chi connectivity index (χ0) is 20.3. The van der Waals surface area contributed by atoms with Crippen molar-refractivity contribution in [2.75, 3.05) is 18.4 Å². The van der Waals surface area contributed by atoms with Gasteiger partial charge in [0.15, 0.2) is 0 Å². The van der Waals surface area contributed by atoms with Crippen molar-refractivity contribution in [1.82, 2.24) is 9.80 Å². The fourth-order valence-corrected chi connectivity index (χ4v) is 2.64. The highest BCUT2D eigenvalue weighted by molar-refractivity contribution is 6.45. The Balaban J connectivity index is 2.18. The van der Waals surface area contributed by atoms with Gasteiger partial charge < -0.3 is 5.32 Å². The summed E-state index contributed by atoms with van der Waals surface area (Å²) in [6, 6.07) is 1.96. The number of anilines is 1. The molecule has 1 N–H and O–H groups in total. The number of unbranched alkanes of at least 4 members (excludes halogenated alkanes) is 1. The summed E-state index contributed by atoms with van der Waals surface area (Å²) in [5.41, 5.74) is 0.923. The standard InChI is InChI=1S/C17H20N4O6/c1-4-5-8-19-15(23)16(24)20(17(19)25)9-13(22)18-14-11(3)10(2)6-7-12(14)21(26)27/h6-7H,4-5,8-9H2,1-3H3,(H,18,22). The van der Waals surface area contributed by atoms with Gasteiger partial charge in [-0.2, -0.15) is 0 Å².